The van der Waals surface area contributed by atoms with Crippen LogP contribution in [0.25, 0.3) is 0 Å². The summed E-state index contributed by atoms with van der Waals surface area (Å²) in [6.07, 6.45) is 3.79. The van der Waals surface area contributed by atoms with Crippen LogP contribution in [0.4, 0.5) is 0 Å². The van der Waals surface area contributed by atoms with Crippen LogP contribution in [-0.4, -0.2) is 0 Å². The Balaban J connectivity index is 0.000000511. The van der Waals surface area contributed by atoms with Crippen molar-refractivity contribution in [1.29, 1.82) is 0 Å². The molecule has 104 valence electrons. The van der Waals surface area contributed by atoms with Gasteiger partial charge in [0.2, 0.25) is 0 Å². The van der Waals surface area contributed by atoms with Gasteiger partial charge in [0.25, 0.3) is 0 Å². The highest BCUT2D eigenvalue weighted by Gasteiger charge is 1.87. The van der Waals surface area contributed by atoms with Crippen molar-refractivity contribution in [3.8, 4) is 35.5 Å². The van der Waals surface area contributed by atoms with Gasteiger partial charge in [-0.2, -0.15) is 0 Å². The molecule has 0 heterocycles. The summed E-state index contributed by atoms with van der Waals surface area (Å²) in [6.45, 7) is 8.22. The zero-order valence-electron chi connectivity index (χ0n) is 13.1. The van der Waals surface area contributed by atoms with Crippen molar-refractivity contribution in [2.45, 2.75) is 53.4 Å². The minimum absolute atomic E-state index is 0.900. The third-order valence-corrected chi connectivity index (χ3v) is 2.18. The SMILES string of the molecule is CCC#CCC.CCC#Cc1ccc(C#CCC)cc1. The van der Waals surface area contributed by atoms with Crippen molar-refractivity contribution in [2.24, 2.45) is 0 Å². The Hall–Kier alpha value is -2.10. The second-order valence-corrected chi connectivity index (χ2v) is 3.95. The molecule has 0 aliphatic heterocycles. The predicted molar refractivity (Wildman–Crippen MR) is 89.1 cm³/mol. The topological polar surface area (TPSA) is 0 Å². The lowest BCUT2D eigenvalue weighted by atomic mass is 10.1. The van der Waals surface area contributed by atoms with Crippen molar-refractivity contribution in [3.63, 3.8) is 0 Å². The van der Waals surface area contributed by atoms with Crippen molar-refractivity contribution in [3.05, 3.63) is 35.4 Å². The molecule has 0 saturated carbocycles. The van der Waals surface area contributed by atoms with E-state index in [1.165, 1.54) is 0 Å². The van der Waals surface area contributed by atoms with E-state index in [0.29, 0.717) is 0 Å². The maximum absolute atomic E-state index is 3.08. The average Bonchev–Trinajstić information content (AvgIpc) is 2.50. The van der Waals surface area contributed by atoms with Crippen LogP contribution in [0.1, 0.15) is 64.5 Å². The highest BCUT2D eigenvalue weighted by atomic mass is 13.9. The summed E-state index contributed by atoms with van der Waals surface area (Å²) >= 11 is 0. The van der Waals surface area contributed by atoms with Crippen molar-refractivity contribution in [2.75, 3.05) is 0 Å². The number of hydrogen-bond acceptors (Lipinski definition) is 0. The van der Waals surface area contributed by atoms with Crippen LogP contribution in [-0.2, 0) is 0 Å². The van der Waals surface area contributed by atoms with Gasteiger partial charge >= 0.3 is 0 Å². The number of rotatable bonds is 0. The Morgan fingerprint density at radius 3 is 1.10 bits per heavy atom. The van der Waals surface area contributed by atoms with Gasteiger partial charge in [0.15, 0.2) is 0 Å². The van der Waals surface area contributed by atoms with Gasteiger partial charge in [0.05, 0.1) is 0 Å². The van der Waals surface area contributed by atoms with E-state index >= 15 is 0 Å². The first kappa shape index (κ1) is 17.9. The Morgan fingerprint density at radius 1 is 0.550 bits per heavy atom. The van der Waals surface area contributed by atoms with Gasteiger partial charge in [-0.05, 0) is 24.3 Å². The molecule has 0 N–H and O–H groups in total. The van der Waals surface area contributed by atoms with Crippen LogP contribution >= 0.6 is 0 Å². The molecule has 1 rings (SSSR count). The molecule has 0 spiro atoms. The smallest absolute Gasteiger partial charge is 0.0246 e. The van der Waals surface area contributed by atoms with Crippen LogP contribution in [0.5, 0.6) is 0 Å². The maximum Gasteiger partial charge on any atom is 0.0246 e. The number of hydrogen-bond donors (Lipinski definition) is 0. The number of benzene rings is 1. The van der Waals surface area contributed by atoms with E-state index < -0.39 is 0 Å². The lowest BCUT2D eigenvalue weighted by Gasteiger charge is -1.90. The fraction of sp³-hybridized carbons (Fsp3) is 0.400. The lowest BCUT2D eigenvalue weighted by molar-refractivity contribution is 1.23. The standard InChI is InChI=1S/C14H14.C6H10/c1-3-5-7-13-9-11-14(12-10-13)8-6-4-2;1-3-5-6-4-2/h9-12H,3-4H2,1-2H3;3-4H2,1-2H3. The fourth-order valence-electron chi connectivity index (χ4n) is 1.27. The Morgan fingerprint density at radius 2 is 0.850 bits per heavy atom. The van der Waals surface area contributed by atoms with Gasteiger partial charge in [-0.15, -0.1) is 11.8 Å². The first-order valence-corrected chi connectivity index (χ1v) is 7.31. The second kappa shape index (κ2) is 13.3. The largest absolute Gasteiger partial charge is 0.104 e. The van der Waals surface area contributed by atoms with E-state index in [1.807, 2.05) is 38.1 Å². The van der Waals surface area contributed by atoms with Gasteiger partial charge in [-0.3, -0.25) is 0 Å². The minimum Gasteiger partial charge on any atom is -0.104 e. The molecule has 0 bridgehead atoms. The molecular formula is C20H24. The monoisotopic (exact) mass is 264 g/mol. The van der Waals surface area contributed by atoms with Gasteiger partial charge in [0, 0.05) is 36.8 Å². The average molecular weight is 264 g/mol. The third-order valence-electron chi connectivity index (χ3n) is 2.18. The molecule has 0 heteroatoms. The van der Waals surface area contributed by atoms with Gasteiger partial charge in [-0.25, -0.2) is 0 Å². The van der Waals surface area contributed by atoms with Crippen molar-refractivity contribution in [1.82, 2.24) is 0 Å². The molecule has 0 radical (unpaired) electrons. The first-order valence-electron chi connectivity index (χ1n) is 7.31. The van der Waals surface area contributed by atoms with Gasteiger partial charge in [0.1, 0.15) is 0 Å². The van der Waals surface area contributed by atoms with Gasteiger partial charge in [-0.1, -0.05) is 51.4 Å². The van der Waals surface area contributed by atoms with E-state index in [4.69, 9.17) is 0 Å². The van der Waals surface area contributed by atoms with Crippen LogP contribution in [0.2, 0.25) is 0 Å². The van der Waals surface area contributed by atoms with Crippen molar-refractivity contribution < 1.29 is 0 Å². The molecule has 1 aromatic carbocycles. The Bertz CT molecular complexity index is 478. The minimum atomic E-state index is 0.900. The highest BCUT2D eigenvalue weighted by molar-refractivity contribution is 5.41. The molecule has 1 aromatic rings. The quantitative estimate of drug-likeness (QED) is 0.577. The predicted octanol–water partition coefficient (Wildman–Crippen LogP) is 5.02. The van der Waals surface area contributed by atoms with Crippen LogP contribution in [0.15, 0.2) is 24.3 Å². The summed E-state index contributed by atoms with van der Waals surface area (Å²) in [7, 11) is 0. The third kappa shape index (κ3) is 9.88. The Labute approximate surface area is 125 Å². The van der Waals surface area contributed by atoms with Crippen LogP contribution in [0.3, 0.4) is 0 Å². The normalized spacial score (nSPS) is 7.60. The van der Waals surface area contributed by atoms with Crippen LogP contribution < -0.4 is 0 Å². The van der Waals surface area contributed by atoms with E-state index in [-0.39, 0.29) is 0 Å². The summed E-state index contributed by atoms with van der Waals surface area (Å²) in [6, 6.07) is 8.06. The van der Waals surface area contributed by atoms with Crippen molar-refractivity contribution >= 4 is 0 Å². The summed E-state index contributed by atoms with van der Waals surface area (Å²) < 4.78 is 0. The summed E-state index contributed by atoms with van der Waals surface area (Å²) in [4.78, 5) is 0. The molecular weight excluding hydrogens is 240 g/mol. The molecule has 0 aliphatic carbocycles. The molecule has 0 aromatic heterocycles. The highest BCUT2D eigenvalue weighted by Crippen LogP contribution is 2.01. The van der Waals surface area contributed by atoms with E-state index in [2.05, 4.69) is 49.4 Å². The van der Waals surface area contributed by atoms with Gasteiger partial charge < -0.3 is 0 Å². The molecule has 0 fully saturated rings. The van der Waals surface area contributed by atoms with E-state index in [9.17, 15) is 0 Å². The Kier molecular flexibility index (Phi) is 11.9. The molecule has 0 amide bonds. The molecule has 0 nitrogen and oxygen atoms in total. The fourth-order valence-corrected chi connectivity index (χ4v) is 1.27. The molecule has 0 unspecified atom stereocenters. The second-order valence-electron chi connectivity index (χ2n) is 3.95. The zero-order valence-corrected chi connectivity index (χ0v) is 13.1. The summed E-state index contributed by atoms with van der Waals surface area (Å²) in [5.74, 6) is 18.1. The van der Waals surface area contributed by atoms with Crippen LogP contribution in [0, 0.1) is 35.5 Å². The zero-order chi connectivity index (χ0) is 15.1. The summed E-state index contributed by atoms with van der Waals surface area (Å²) in [5, 5.41) is 0. The molecule has 0 atom stereocenters. The maximum atomic E-state index is 3.08. The molecule has 0 aliphatic rings. The first-order chi connectivity index (χ1) is 9.78. The van der Waals surface area contributed by atoms with E-state index in [1.54, 1.807) is 0 Å². The molecule has 20 heavy (non-hydrogen) atoms. The lowest BCUT2D eigenvalue weighted by Crippen LogP contribution is -1.76. The van der Waals surface area contributed by atoms with E-state index in [0.717, 1.165) is 36.8 Å². The summed E-state index contributed by atoms with van der Waals surface area (Å²) in [5.41, 5.74) is 2.13. The molecule has 0 saturated heterocycles.